The summed E-state index contributed by atoms with van der Waals surface area (Å²) < 4.78 is 4.64. The lowest BCUT2D eigenvalue weighted by molar-refractivity contribution is 0.234. The predicted molar refractivity (Wildman–Crippen MR) is 143 cm³/mol. The van der Waals surface area contributed by atoms with E-state index in [1.807, 2.05) is 13.1 Å². The molecule has 0 amide bonds. The van der Waals surface area contributed by atoms with Crippen LogP contribution < -0.4 is 5.32 Å². The molecule has 1 aromatic carbocycles. The fourth-order valence-electron chi connectivity index (χ4n) is 5.12. The number of likely N-dealkylation sites (N-methyl/N-ethyl adjacent to an activating group) is 2. The van der Waals surface area contributed by atoms with Gasteiger partial charge in [-0.25, -0.2) is 4.98 Å². The number of para-hydroxylation sites is 1. The van der Waals surface area contributed by atoms with Crippen LogP contribution in [-0.4, -0.2) is 52.1 Å². The van der Waals surface area contributed by atoms with Crippen LogP contribution in [-0.2, 0) is 6.54 Å². The molecule has 5 nitrogen and oxygen atoms in total. The van der Waals surface area contributed by atoms with Gasteiger partial charge in [0.15, 0.2) is 0 Å². The first-order valence-corrected chi connectivity index (χ1v) is 12.6. The van der Waals surface area contributed by atoms with Gasteiger partial charge in [-0.1, -0.05) is 30.9 Å². The summed E-state index contributed by atoms with van der Waals surface area (Å²) in [6, 6.07) is 15.9. The molecule has 0 radical (unpaired) electrons. The van der Waals surface area contributed by atoms with E-state index >= 15 is 0 Å². The van der Waals surface area contributed by atoms with E-state index < -0.39 is 0 Å². The molecule has 1 saturated heterocycles. The van der Waals surface area contributed by atoms with E-state index in [1.165, 1.54) is 61.1 Å². The molecule has 1 N–H and O–H groups in total. The zero-order chi connectivity index (χ0) is 23.7. The molecule has 5 heteroatoms. The van der Waals surface area contributed by atoms with E-state index in [4.69, 9.17) is 4.98 Å². The first-order chi connectivity index (χ1) is 16.6. The quantitative estimate of drug-likeness (QED) is 0.425. The lowest BCUT2D eigenvalue weighted by Gasteiger charge is -2.29. The van der Waals surface area contributed by atoms with Crippen molar-refractivity contribution < 1.29 is 0 Å². The summed E-state index contributed by atoms with van der Waals surface area (Å²) in [5.41, 5.74) is 6.89. The highest BCUT2D eigenvalue weighted by molar-refractivity contribution is 5.87. The molecular weight excluding hydrogens is 418 g/mol. The third kappa shape index (κ3) is 4.68. The second-order valence-corrected chi connectivity index (χ2v) is 9.97. The van der Waals surface area contributed by atoms with E-state index in [0.29, 0.717) is 0 Å². The van der Waals surface area contributed by atoms with Crippen LogP contribution in [0.2, 0.25) is 0 Å². The molecule has 178 valence electrons. The van der Waals surface area contributed by atoms with E-state index in [0.717, 1.165) is 35.4 Å². The van der Waals surface area contributed by atoms with E-state index in [9.17, 15) is 0 Å². The molecule has 2 aliphatic rings. The Morgan fingerprint density at radius 3 is 2.68 bits per heavy atom. The normalized spacial score (nSPS) is 18.7. The third-order valence-corrected chi connectivity index (χ3v) is 7.35. The number of hydrogen-bond donors (Lipinski definition) is 1. The van der Waals surface area contributed by atoms with Crippen molar-refractivity contribution in [3.63, 3.8) is 0 Å². The van der Waals surface area contributed by atoms with Gasteiger partial charge in [-0.15, -0.1) is 0 Å². The number of piperidine rings is 1. The molecule has 34 heavy (non-hydrogen) atoms. The highest BCUT2D eigenvalue weighted by Crippen LogP contribution is 2.36. The van der Waals surface area contributed by atoms with Gasteiger partial charge in [0.2, 0.25) is 0 Å². The Bertz CT molecular complexity index is 1290. The van der Waals surface area contributed by atoms with Crippen LogP contribution in [0.5, 0.6) is 0 Å². The van der Waals surface area contributed by atoms with Crippen molar-refractivity contribution in [2.24, 2.45) is 5.92 Å². The monoisotopic (exact) mass is 455 g/mol. The number of fused-ring (bicyclic) bond motifs is 2. The lowest BCUT2D eigenvalue weighted by atomic mass is 10.1. The van der Waals surface area contributed by atoms with Crippen molar-refractivity contribution in [1.29, 1.82) is 0 Å². The van der Waals surface area contributed by atoms with Crippen molar-refractivity contribution in [2.45, 2.75) is 45.2 Å². The molecule has 1 aliphatic heterocycles. The number of likely N-dealkylation sites (tertiary alicyclic amines) is 1. The molecular formula is C29H37N5. The zero-order valence-electron chi connectivity index (χ0n) is 20.8. The van der Waals surface area contributed by atoms with Gasteiger partial charge in [0.25, 0.3) is 0 Å². The Balaban J connectivity index is 0.000000227. The van der Waals surface area contributed by atoms with E-state index in [1.54, 1.807) is 0 Å². The molecule has 0 bridgehead atoms. The summed E-state index contributed by atoms with van der Waals surface area (Å²) in [4.78, 5) is 7.35. The van der Waals surface area contributed by atoms with Gasteiger partial charge >= 0.3 is 0 Å². The van der Waals surface area contributed by atoms with Crippen molar-refractivity contribution in [1.82, 2.24) is 24.2 Å². The van der Waals surface area contributed by atoms with E-state index in [-0.39, 0.29) is 0 Å². The number of rotatable bonds is 5. The van der Waals surface area contributed by atoms with Crippen LogP contribution in [0.15, 0.2) is 55.2 Å². The number of pyridine rings is 1. The summed E-state index contributed by atoms with van der Waals surface area (Å²) in [6.07, 6.45) is 9.35. The van der Waals surface area contributed by atoms with Crippen molar-refractivity contribution in [3.05, 3.63) is 66.5 Å². The number of aromatic nitrogens is 3. The summed E-state index contributed by atoms with van der Waals surface area (Å²) in [5.74, 6) is 0.819. The summed E-state index contributed by atoms with van der Waals surface area (Å²) in [7, 11) is 4.23. The van der Waals surface area contributed by atoms with Gasteiger partial charge in [0, 0.05) is 41.9 Å². The second-order valence-electron chi connectivity index (χ2n) is 9.97. The zero-order valence-corrected chi connectivity index (χ0v) is 20.8. The van der Waals surface area contributed by atoms with Crippen LogP contribution in [0.4, 0.5) is 0 Å². The van der Waals surface area contributed by atoms with Crippen molar-refractivity contribution >= 4 is 22.6 Å². The van der Waals surface area contributed by atoms with Crippen molar-refractivity contribution in [2.75, 3.05) is 27.2 Å². The number of benzene rings is 1. The summed E-state index contributed by atoms with van der Waals surface area (Å²) in [6.45, 7) is 9.61. The summed E-state index contributed by atoms with van der Waals surface area (Å²) >= 11 is 0. The van der Waals surface area contributed by atoms with Crippen molar-refractivity contribution in [3.8, 4) is 11.4 Å². The Kier molecular flexibility index (Phi) is 6.57. The number of nitrogens with zero attached hydrogens (tertiary/aromatic N) is 4. The topological polar surface area (TPSA) is 37.5 Å². The molecule has 1 unspecified atom stereocenters. The van der Waals surface area contributed by atoms with Gasteiger partial charge in [0.1, 0.15) is 11.3 Å². The number of hydrogen-bond acceptors (Lipinski definition) is 3. The molecule has 6 rings (SSSR count). The minimum absolute atomic E-state index is 0.740. The van der Waals surface area contributed by atoms with Gasteiger partial charge in [-0.05, 0) is 89.0 Å². The fourth-order valence-corrected chi connectivity index (χ4v) is 5.12. The fraction of sp³-hybridized carbons (Fsp3) is 0.414. The summed E-state index contributed by atoms with van der Waals surface area (Å²) in [5, 5.41) is 4.59. The van der Waals surface area contributed by atoms with Crippen LogP contribution in [0.25, 0.3) is 34.0 Å². The Morgan fingerprint density at radius 2 is 1.97 bits per heavy atom. The Hall–Kier alpha value is -2.89. The predicted octanol–water partition coefficient (Wildman–Crippen LogP) is 5.62. The smallest absolute Gasteiger partial charge is 0.138 e. The number of imidazole rings is 1. The van der Waals surface area contributed by atoms with Crippen LogP contribution in [0.1, 0.15) is 36.9 Å². The van der Waals surface area contributed by atoms with Gasteiger partial charge in [-0.2, -0.15) is 0 Å². The van der Waals surface area contributed by atoms with Gasteiger partial charge < -0.3 is 19.2 Å². The van der Waals surface area contributed by atoms with E-state index in [2.05, 4.69) is 88.4 Å². The van der Waals surface area contributed by atoms with Crippen LogP contribution in [0.3, 0.4) is 0 Å². The van der Waals surface area contributed by atoms with Crippen LogP contribution in [0, 0.1) is 12.8 Å². The lowest BCUT2D eigenvalue weighted by Crippen LogP contribution is -2.42. The largest absolute Gasteiger partial charge is 0.339 e. The highest BCUT2D eigenvalue weighted by atomic mass is 15.1. The van der Waals surface area contributed by atoms with Gasteiger partial charge in [-0.3, -0.25) is 0 Å². The average Bonchev–Trinajstić information content (AvgIpc) is 3.53. The maximum Gasteiger partial charge on any atom is 0.138 e. The first kappa shape index (κ1) is 22.9. The number of aryl methyl sites for hydroxylation is 1. The minimum atomic E-state index is 0.740. The molecule has 1 aliphatic carbocycles. The molecule has 4 aromatic rings. The number of nitrogens with one attached hydrogen (secondary N) is 1. The molecule has 4 heterocycles. The molecule has 1 atom stereocenters. The average molecular weight is 456 g/mol. The van der Waals surface area contributed by atoms with Crippen LogP contribution >= 0.6 is 0 Å². The Labute approximate surface area is 203 Å². The standard InChI is InChI=1S/C22H21N3.C7H16N2/c1-3-16-10-11-24-15(2)22(23-21(24)12-16)20-13-18-6-4-5-7-19(18)25(20)14-17-8-9-17;1-8-7-4-3-5-9(2)6-7/h3-7,10-13,17H,1,8-9,14H2,2H3;7-8H,3-6H2,1-2H3. The maximum absolute atomic E-state index is 4.97. The van der Waals surface area contributed by atoms with Gasteiger partial charge in [0.05, 0.1) is 5.69 Å². The first-order valence-electron chi connectivity index (χ1n) is 12.6. The molecule has 1 saturated carbocycles. The Morgan fingerprint density at radius 1 is 1.15 bits per heavy atom. The maximum atomic E-state index is 4.97. The highest BCUT2D eigenvalue weighted by Gasteiger charge is 2.25. The molecule has 2 fully saturated rings. The SMILES string of the molecule is C=Cc1ccn2c(C)c(-c3cc4ccccc4n3CC3CC3)nc2c1.CNC1CCCN(C)C1. The molecule has 3 aromatic heterocycles. The third-order valence-electron chi connectivity index (χ3n) is 7.35. The minimum Gasteiger partial charge on any atom is -0.339 e. The molecule has 0 spiro atoms. The second kappa shape index (κ2) is 9.77.